The highest BCUT2D eigenvalue weighted by Crippen LogP contribution is 2.24. The lowest BCUT2D eigenvalue weighted by molar-refractivity contribution is 0.0563. The lowest BCUT2D eigenvalue weighted by atomic mass is 10.1. The van der Waals surface area contributed by atoms with Crippen molar-refractivity contribution in [2.75, 3.05) is 39.9 Å². The molecule has 1 aromatic heterocycles. The monoisotopic (exact) mass is 434 g/mol. The fourth-order valence-corrected chi connectivity index (χ4v) is 3.67. The van der Waals surface area contributed by atoms with E-state index in [1.54, 1.807) is 28.5 Å². The number of carbonyl (C=O) groups is 2. The molecule has 2 heterocycles. The summed E-state index contributed by atoms with van der Waals surface area (Å²) in [5, 5.41) is 4.73. The minimum absolute atomic E-state index is 0.126. The van der Waals surface area contributed by atoms with E-state index in [2.05, 4.69) is 0 Å². The van der Waals surface area contributed by atoms with Gasteiger partial charge in [-0.05, 0) is 37.3 Å². The van der Waals surface area contributed by atoms with E-state index in [1.807, 2.05) is 60.7 Å². The second-order valence-electron chi connectivity index (χ2n) is 7.37. The highest BCUT2D eigenvalue weighted by Gasteiger charge is 2.28. The molecule has 0 aliphatic carbocycles. The molecule has 4 rings (SSSR count). The number of piperazine rings is 1. The summed E-state index contributed by atoms with van der Waals surface area (Å²) in [6, 6.07) is 19.0. The largest absolute Gasteiger partial charge is 0.497 e. The number of carbonyl (C=O) groups excluding carboxylic acids is 2. The van der Waals surface area contributed by atoms with Gasteiger partial charge in [-0.25, -0.2) is 9.48 Å². The van der Waals surface area contributed by atoms with Gasteiger partial charge in [0.25, 0.3) is 5.91 Å². The maximum Gasteiger partial charge on any atom is 0.409 e. The van der Waals surface area contributed by atoms with Crippen LogP contribution in [0.25, 0.3) is 16.9 Å². The SMILES string of the molecule is CCOC(=O)N1CCN(C(=O)c2cc(-c3ccccc3)nn2-c2ccc(OC)cc2)CC1. The number of rotatable bonds is 5. The lowest BCUT2D eigenvalue weighted by Gasteiger charge is -2.34. The molecule has 1 aliphatic heterocycles. The minimum atomic E-state index is -0.339. The molecule has 1 aliphatic rings. The molecule has 2 amide bonds. The molecular weight excluding hydrogens is 408 g/mol. The molecule has 0 unspecified atom stereocenters. The first-order valence-corrected chi connectivity index (χ1v) is 10.6. The fourth-order valence-electron chi connectivity index (χ4n) is 3.67. The maximum atomic E-state index is 13.5. The minimum Gasteiger partial charge on any atom is -0.497 e. The highest BCUT2D eigenvalue weighted by atomic mass is 16.6. The van der Waals surface area contributed by atoms with Crippen LogP contribution in [0.1, 0.15) is 17.4 Å². The van der Waals surface area contributed by atoms with Crippen molar-refractivity contribution in [1.82, 2.24) is 19.6 Å². The molecule has 1 fully saturated rings. The maximum absolute atomic E-state index is 13.5. The number of amides is 2. The van der Waals surface area contributed by atoms with Crippen LogP contribution in [0, 0.1) is 0 Å². The van der Waals surface area contributed by atoms with Gasteiger partial charge in [0, 0.05) is 31.7 Å². The van der Waals surface area contributed by atoms with Crippen LogP contribution in [0.2, 0.25) is 0 Å². The van der Waals surface area contributed by atoms with Crippen molar-refractivity contribution in [2.24, 2.45) is 0 Å². The third kappa shape index (κ3) is 4.44. The van der Waals surface area contributed by atoms with Gasteiger partial charge >= 0.3 is 6.09 Å². The van der Waals surface area contributed by atoms with Gasteiger partial charge in [-0.15, -0.1) is 0 Å². The van der Waals surface area contributed by atoms with Gasteiger partial charge in [-0.1, -0.05) is 30.3 Å². The predicted octanol–water partition coefficient (Wildman–Crippen LogP) is 3.46. The van der Waals surface area contributed by atoms with Crippen LogP contribution >= 0.6 is 0 Å². The van der Waals surface area contributed by atoms with Crippen molar-refractivity contribution in [1.29, 1.82) is 0 Å². The quantitative estimate of drug-likeness (QED) is 0.615. The first kappa shape index (κ1) is 21.4. The van der Waals surface area contributed by atoms with Crippen LogP contribution < -0.4 is 4.74 Å². The normalized spacial score (nSPS) is 13.7. The Bertz CT molecular complexity index is 1070. The fraction of sp³-hybridized carbons (Fsp3) is 0.292. The van der Waals surface area contributed by atoms with Crippen LogP contribution in [0.4, 0.5) is 4.79 Å². The molecule has 1 saturated heterocycles. The van der Waals surface area contributed by atoms with E-state index < -0.39 is 0 Å². The Hall–Kier alpha value is -3.81. The van der Waals surface area contributed by atoms with Gasteiger partial charge in [-0.2, -0.15) is 5.10 Å². The van der Waals surface area contributed by atoms with E-state index in [1.165, 1.54) is 0 Å². The van der Waals surface area contributed by atoms with Crippen LogP contribution in [0.15, 0.2) is 60.7 Å². The van der Waals surface area contributed by atoms with Crippen molar-refractivity contribution in [3.05, 3.63) is 66.4 Å². The van der Waals surface area contributed by atoms with Crippen molar-refractivity contribution in [3.8, 4) is 22.7 Å². The molecule has 0 bridgehead atoms. The third-order valence-electron chi connectivity index (χ3n) is 5.41. The van der Waals surface area contributed by atoms with Gasteiger partial charge in [-0.3, -0.25) is 4.79 Å². The number of ether oxygens (including phenoxy) is 2. The molecular formula is C24H26N4O4. The van der Waals surface area contributed by atoms with E-state index in [4.69, 9.17) is 14.6 Å². The zero-order chi connectivity index (χ0) is 22.5. The topological polar surface area (TPSA) is 76.9 Å². The van der Waals surface area contributed by atoms with E-state index in [0.717, 1.165) is 22.7 Å². The molecule has 0 N–H and O–H groups in total. The molecule has 8 heteroatoms. The summed E-state index contributed by atoms with van der Waals surface area (Å²) in [5.41, 5.74) is 2.89. The van der Waals surface area contributed by atoms with Crippen LogP contribution in [0.5, 0.6) is 5.75 Å². The Morgan fingerprint density at radius 2 is 1.59 bits per heavy atom. The van der Waals surface area contributed by atoms with Crippen LogP contribution in [-0.2, 0) is 4.74 Å². The molecule has 0 atom stereocenters. The number of methoxy groups -OCH3 is 1. The Labute approximate surface area is 187 Å². The third-order valence-corrected chi connectivity index (χ3v) is 5.41. The lowest BCUT2D eigenvalue weighted by Crippen LogP contribution is -2.51. The highest BCUT2D eigenvalue weighted by molar-refractivity contribution is 5.94. The van der Waals surface area contributed by atoms with E-state index in [9.17, 15) is 9.59 Å². The molecule has 0 spiro atoms. The summed E-state index contributed by atoms with van der Waals surface area (Å²) in [5.74, 6) is 0.603. The smallest absolute Gasteiger partial charge is 0.409 e. The van der Waals surface area contributed by atoms with Crippen molar-refractivity contribution < 1.29 is 19.1 Å². The van der Waals surface area contributed by atoms with Gasteiger partial charge in [0.15, 0.2) is 0 Å². The molecule has 8 nitrogen and oxygen atoms in total. The van der Waals surface area contributed by atoms with Crippen molar-refractivity contribution in [2.45, 2.75) is 6.92 Å². The van der Waals surface area contributed by atoms with E-state index >= 15 is 0 Å². The molecule has 32 heavy (non-hydrogen) atoms. The number of aromatic nitrogens is 2. The van der Waals surface area contributed by atoms with Crippen molar-refractivity contribution >= 4 is 12.0 Å². The van der Waals surface area contributed by atoms with Gasteiger partial charge in [0.2, 0.25) is 0 Å². The van der Waals surface area contributed by atoms with Gasteiger partial charge < -0.3 is 19.3 Å². The number of hydrogen-bond acceptors (Lipinski definition) is 5. The summed E-state index contributed by atoms with van der Waals surface area (Å²) < 4.78 is 12.0. The molecule has 166 valence electrons. The zero-order valence-corrected chi connectivity index (χ0v) is 18.2. The molecule has 0 radical (unpaired) electrons. The van der Waals surface area contributed by atoms with Crippen molar-refractivity contribution in [3.63, 3.8) is 0 Å². The second-order valence-corrected chi connectivity index (χ2v) is 7.37. The summed E-state index contributed by atoms with van der Waals surface area (Å²) in [6.45, 7) is 3.86. The molecule has 0 saturated carbocycles. The number of nitrogens with zero attached hydrogens (tertiary/aromatic N) is 4. The summed E-state index contributed by atoms with van der Waals surface area (Å²) in [4.78, 5) is 28.8. The Morgan fingerprint density at radius 3 is 2.22 bits per heavy atom. The number of hydrogen-bond donors (Lipinski definition) is 0. The molecule has 2 aromatic carbocycles. The Morgan fingerprint density at radius 1 is 0.938 bits per heavy atom. The Balaban J connectivity index is 1.62. The van der Waals surface area contributed by atoms with E-state index in [0.29, 0.717) is 38.5 Å². The average molecular weight is 434 g/mol. The zero-order valence-electron chi connectivity index (χ0n) is 18.2. The molecule has 3 aromatic rings. The predicted molar refractivity (Wildman–Crippen MR) is 120 cm³/mol. The average Bonchev–Trinajstić information content (AvgIpc) is 3.30. The van der Waals surface area contributed by atoms with Crippen LogP contribution in [0.3, 0.4) is 0 Å². The second kappa shape index (κ2) is 9.55. The summed E-state index contributed by atoms with van der Waals surface area (Å²) >= 11 is 0. The Kier molecular flexibility index (Phi) is 6.39. The van der Waals surface area contributed by atoms with Crippen LogP contribution in [-0.4, -0.2) is 71.5 Å². The number of benzene rings is 2. The standard InChI is InChI=1S/C24H26N4O4/c1-3-32-24(30)27-15-13-26(14-16-27)23(29)22-17-21(18-7-5-4-6-8-18)25-28(22)19-9-11-20(31-2)12-10-19/h4-12,17H,3,13-16H2,1-2H3. The first-order valence-electron chi connectivity index (χ1n) is 10.6. The van der Waals surface area contributed by atoms with E-state index in [-0.39, 0.29) is 12.0 Å². The summed E-state index contributed by atoms with van der Waals surface area (Å²) in [6.07, 6.45) is -0.339. The van der Waals surface area contributed by atoms with Gasteiger partial charge in [0.1, 0.15) is 11.4 Å². The van der Waals surface area contributed by atoms with Gasteiger partial charge in [0.05, 0.1) is 25.1 Å². The first-order chi connectivity index (χ1) is 15.6. The summed E-state index contributed by atoms with van der Waals surface area (Å²) in [7, 11) is 1.61.